The molecule has 0 aliphatic carbocycles. The fraction of sp³-hybridized carbons (Fsp3) is 0. The van der Waals surface area contributed by atoms with Crippen LogP contribution in [-0.2, 0) is 0 Å². The summed E-state index contributed by atoms with van der Waals surface area (Å²) < 4.78 is 1.76. The molecule has 4 aromatic rings. The number of imidazole rings is 1. The first kappa shape index (κ1) is 10.1. The van der Waals surface area contributed by atoms with Crippen LogP contribution in [0.1, 0.15) is 0 Å². The number of hydrogen-bond donors (Lipinski definition) is 2. The van der Waals surface area contributed by atoms with Crippen molar-refractivity contribution in [3.8, 4) is 11.4 Å². The number of rotatable bonds is 1. The molecule has 6 nitrogen and oxygen atoms in total. The van der Waals surface area contributed by atoms with Gasteiger partial charge in [-0.3, -0.25) is 4.98 Å². The molecular formula is C13H10N6. The molecule has 0 unspecified atom stereocenters. The number of nitrogens with one attached hydrogen (secondary N) is 1. The summed E-state index contributed by atoms with van der Waals surface area (Å²) in [4.78, 5) is 11.9. The van der Waals surface area contributed by atoms with Crippen LogP contribution in [0, 0.1) is 0 Å². The molecule has 3 heterocycles. The molecule has 0 aliphatic heterocycles. The van der Waals surface area contributed by atoms with Gasteiger partial charge in [0.2, 0.25) is 0 Å². The maximum absolute atomic E-state index is 5.92. The highest BCUT2D eigenvalue weighted by Gasteiger charge is 2.12. The van der Waals surface area contributed by atoms with Crippen LogP contribution in [-0.4, -0.2) is 24.6 Å². The molecule has 0 saturated heterocycles. The molecule has 0 radical (unpaired) electrons. The third-order valence-corrected chi connectivity index (χ3v) is 3.12. The van der Waals surface area contributed by atoms with Crippen molar-refractivity contribution < 1.29 is 0 Å². The van der Waals surface area contributed by atoms with Crippen LogP contribution >= 0.6 is 0 Å². The first-order valence-electron chi connectivity index (χ1n) is 5.85. The van der Waals surface area contributed by atoms with E-state index >= 15 is 0 Å². The van der Waals surface area contributed by atoms with Crippen molar-refractivity contribution in [1.29, 1.82) is 0 Å². The molecule has 0 fully saturated rings. The van der Waals surface area contributed by atoms with Crippen LogP contribution in [0.3, 0.4) is 0 Å². The predicted octanol–water partition coefficient (Wildman–Crippen LogP) is 1.85. The molecule has 0 atom stereocenters. The minimum Gasteiger partial charge on any atom is -0.397 e. The van der Waals surface area contributed by atoms with Gasteiger partial charge in [0.25, 0.3) is 0 Å². The average Bonchev–Trinajstić information content (AvgIpc) is 3.02. The monoisotopic (exact) mass is 250 g/mol. The van der Waals surface area contributed by atoms with E-state index in [1.807, 2.05) is 18.2 Å². The smallest absolute Gasteiger partial charge is 0.142 e. The lowest BCUT2D eigenvalue weighted by Crippen LogP contribution is -1.86. The molecule has 3 aromatic heterocycles. The van der Waals surface area contributed by atoms with Crippen molar-refractivity contribution in [1.82, 2.24) is 24.6 Å². The van der Waals surface area contributed by atoms with Gasteiger partial charge in [-0.2, -0.15) is 5.10 Å². The lowest BCUT2D eigenvalue weighted by molar-refractivity contribution is 0.946. The molecule has 1 aromatic carbocycles. The van der Waals surface area contributed by atoms with Crippen molar-refractivity contribution in [2.45, 2.75) is 0 Å². The molecule has 0 bridgehead atoms. The number of para-hydroxylation sites is 1. The molecule has 6 heteroatoms. The van der Waals surface area contributed by atoms with Crippen LogP contribution in [0.5, 0.6) is 0 Å². The predicted molar refractivity (Wildman–Crippen MR) is 72.5 cm³/mol. The van der Waals surface area contributed by atoms with Crippen LogP contribution in [0.25, 0.3) is 27.9 Å². The number of H-pyrrole nitrogens is 1. The molecule has 19 heavy (non-hydrogen) atoms. The Balaban J connectivity index is 2.02. The molecule has 4 rings (SSSR count). The van der Waals surface area contributed by atoms with Gasteiger partial charge in [0.05, 0.1) is 34.7 Å². The highest BCUT2D eigenvalue weighted by atomic mass is 15.2. The average molecular weight is 250 g/mol. The standard InChI is InChI=1S/C13H10N6/c14-9-2-1-3-10-12(9)18-13(17-10)8-6-16-19-5-4-15-7-11(8)19/h1-7H,14H2,(H,17,18). The molecule has 92 valence electrons. The Morgan fingerprint density at radius 1 is 1.21 bits per heavy atom. The number of nitrogen functional groups attached to an aromatic ring is 1. The summed E-state index contributed by atoms with van der Waals surface area (Å²) in [5, 5.41) is 4.27. The second-order valence-electron chi connectivity index (χ2n) is 4.29. The lowest BCUT2D eigenvalue weighted by Gasteiger charge is -1.93. The van der Waals surface area contributed by atoms with E-state index in [1.54, 1.807) is 29.3 Å². The van der Waals surface area contributed by atoms with Crippen molar-refractivity contribution in [3.63, 3.8) is 0 Å². The van der Waals surface area contributed by atoms with Gasteiger partial charge in [-0.15, -0.1) is 0 Å². The third-order valence-electron chi connectivity index (χ3n) is 3.12. The summed E-state index contributed by atoms with van der Waals surface area (Å²) >= 11 is 0. The first-order chi connectivity index (χ1) is 9.33. The van der Waals surface area contributed by atoms with E-state index in [2.05, 4.69) is 20.1 Å². The molecular weight excluding hydrogens is 240 g/mol. The van der Waals surface area contributed by atoms with E-state index < -0.39 is 0 Å². The van der Waals surface area contributed by atoms with Gasteiger partial charge in [-0.1, -0.05) is 6.07 Å². The summed E-state index contributed by atoms with van der Waals surface area (Å²) in [6, 6.07) is 5.69. The zero-order valence-corrected chi connectivity index (χ0v) is 9.91. The Hall–Kier alpha value is -2.89. The number of hydrogen-bond acceptors (Lipinski definition) is 4. The Kier molecular flexibility index (Phi) is 1.88. The van der Waals surface area contributed by atoms with Crippen LogP contribution in [0.15, 0.2) is 43.0 Å². The second-order valence-corrected chi connectivity index (χ2v) is 4.29. The number of anilines is 1. The minimum atomic E-state index is 0.662. The Bertz CT molecular complexity index is 888. The quantitative estimate of drug-likeness (QED) is 0.505. The maximum Gasteiger partial charge on any atom is 0.142 e. The molecule has 0 aliphatic rings. The Morgan fingerprint density at radius 3 is 3.05 bits per heavy atom. The number of fused-ring (bicyclic) bond motifs is 2. The Labute approximate surface area is 107 Å². The molecule has 0 spiro atoms. The van der Waals surface area contributed by atoms with E-state index in [1.165, 1.54) is 0 Å². The van der Waals surface area contributed by atoms with E-state index in [-0.39, 0.29) is 0 Å². The fourth-order valence-corrected chi connectivity index (χ4v) is 2.20. The summed E-state index contributed by atoms with van der Waals surface area (Å²) in [7, 11) is 0. The molecule has 3 N–H and O–H groups in total. The highest BCUT2D eigenvalue weighted by molar-refractivity contribution is 5.90. The summed E-state index contributed by atoms with van der Waals surface area (Å²) in [5.41, 5.74) is 10.1. The topological polar surface area (TPSA) is 84.9 Å². The van der Waals surface area contributed by atoms with Crippen molar-refractivity contribution in [2.75, 3.05) is 5.73 Å². The van der Waals surface area contributed by atoms with Gasteiger partial charge in [0, 0.05) is 12.4 Å². The van der Waals surface area contributed by atoms with Gasteiger partial charge in [0.1, 0.15) is 11.3 Å². The van der Waals surface area contributed by atoms with E-state index in [0.717, 1.165) is 27.9 Å². The summed E-state index contributed by atoms with van der Waals surface area (Å²) in [6.45, 7) is 0. The number of aromatic amines is 1. The van der Waals surface area contributed by atoms with Gasteiger partial charge in [0.15, 0.2) is 0 Å². The highest BCUT2D eigenvalue weighted by Crippen LogP contribution is 2.26. The van der Waals surface area contributed by atoms with Gasteiger partial charge in [-0.05, 0) is 12.1 Å². The number of aromatic nitrogens is 5. The maximum atomic E-state index is 5.92. The number of nitrogens with two attached hydrogens (primary N) is 1. The second kappa shape index (κ2) is 3.55. The van der Waals surface area contributed by atoms with Crippen molar-refractivity contribution >= 4 is 22.2 Å². The third kappa shape index (κ3) is 1.40. The number of benzene rings is 1. The van der Waals surface area contributed by atoms with Crippen LogP contribution in [0.4, 0.5) is 5.69 Å². The van der Waals surface area contributed by atoms with E-state index in [9.17, 15) is 0 Å². The van der Waals surface area contributed by atoms with Crippen molar-refractivity contribution in [3.05, 3.63) is 43.0 Å². The SMILES string of the molecule is Nc1cccc2[nH]c(-c3cnn4ccncc34)nc12. The first-order valence-corrected chi connectivity index (χ1v) is 5.85. The van der Waals surface area contributed by atoms with Gasteiger partial charge >= 0.3 is 0 Å². The molecule has 0 saturated carbocycles. The van der Waals surface area contributed by atoms with Crippen LogP contribution in [0.2, 0.25) is 0 Å². The zero-order valence-electron chi connectivity index (χ0n) is 9.91. The summed E-state index contributed by atoms with van der Waals surface area (Å²) in [6.07, 6.45) is 7.03. The van der Waals surface area contributed by atoms with Gasteiger partial charge in [-0.25, -0.2) is 9.50 Å². The minimum absolute atomic E-state index is 0.662. The molecule has 0 amide bonds. The Morgan fingerprint density at radius 2 is 2.16 bits per heavy atom. The normalized spacial score (nSPS) is 11.4. The lowest BCUT2D eigenvalue weighted by atomic mass is 10.3. The van der Waals surface area contributed by atoms with E-state index in [4.69, 9.17) is 5.73 Å². The largest absolute Gasteiger partial charge is 0.397 e. The summed E-state index contributed by atoms with van der Waals surface area (Å²) in [5.74, 6) is 0.746. The van der Waals surface area contributed by atoms with Crippen molar-refractivity contribution in [2.24, 2.45) is 0 Å². The zero-order chi connectivity index (χ0) is 12.8. The fourth-order valence-electron chi connectivity index (χ4n) is 2.20. The number of nitrogens with zero attached hydrogens (tertiary/aromatic N) is 4. The van der Waals surface area contributed by atoms with Gasteiger partial charge < -0.3 is 10.7 Å². The van der Waals surface area contributed by atoms with E-state index in [0.29, 0.717) is 5.69 Å². The van der Waals surface area contributed by atoms with Crippen LogP contribution < -0.4 is 5.73 Å².